The zero-order chi connectivity index (χ0) is 15.1. The van der Waals surface area contributed by atoms with Crippen LogP contribution >= 0.6 is 0 Å². The first-order valence-electron chi connectivity index (χ1n) is 6.67. The molecular weight excluding hydrogens is 276 g/mol. The fourth-order valence-electron chi connectivity index (χ4n) is 2.52. The average molecular weight is 291 g/mol. The Hall–Kier alpha value is -2.44. The van der Waals surface area contributed by atoms with Crippen molar-refractivity contribution in [2.75, 3.05) is 5.73 Å². The number of aryl methyl sites for hydroxylation is 2. The summed E-state index contributed by atoms with van der Waals surface area (Å²) in [6.07, 6.45) is 1.69. The van der Waals surface area contributed by atoms with Crippen LogP contribution in [0.1, 0.15) is 19.0 Å². The quantitative estimate of drug-likeness (QED) is 0.806. The van der Waals surface area contributed by atoms with Gasteiger partial charge in [-0.2, -0.15) is 5.10 Å². The Kier molecular flexibility index (Phi) is 3.12. The highest BCUT2D eigenvalue weighted by atomic mass is 19.1. The fourth-order valence-corrected chi connectivity index (χ4v) is 2.52. The average Bonchev–Trinajstić information content (AvgIpc) is 2.87. The predicted molar refractivity (Wildman–Crippen MR) is 76.2 cm³/mol. The normalized spacial score (nSPS) is 11.4. The van der Waals surface area contributed by atoms with Crippen molar-refractivity contribution in [3.05, 3.63) is 35.5 Å². The molecule has 5 nitrogen and oxygen atoms in total. The van der Waals surface area contributed by atoms with Gasteiger partial charge in [-0.05, 0) is 18.6 Å². The molecule has 0 radical (unpaired) electrons. The summed E-state index contributed by atoms with van der Waals surface area (Å²) < 4.78 is 30.0. The van der Waals surface area contributed by atoms with Crippen LogP contribution in [0.2, 0.25) is 0 Å². The Morgan fingerprint density at radius 1 is 1.19 bits per heavy atom. The van der Waals surface area contributed by atoms with Crippen LogP contribution in [0.25, 0.3) is 16.9 Å². The van der Waals surface area contributed by atoms with Gasteiger partial charge in [0.2, 0.25) is 5.95 Å². The van der Waals surface area contributed by atoms with Crippen LogP contribution in [0.15, 0.2) is 18.2 Å². The van der Waals surface area contributed by atoms with Gasteiger partial charge in [-0.15, -0.1) is 0 Å². The van der Waals surface area contributed by atoms with Crippen molar-refractivity contribution in [1.82, 2.24) is 19.3 Å². The summed E-state index contributed by atoms with van der Waals surface area (Å²) in [4.78, 5) is 4.30. The highest BCUT2D eigenvalue weighted by molar-refractivity contribution is 5.80. The molecule has 0 atom stereocenters. The lowest BCUT2D eigenvalue weighted by atomic mass is 10.2. The summed E-state index contributed by atoms with van der Waals surface area (Å²) in [5.41, 5.74) is 8.34. The van der Waals surface area contributed by atoms with E-state index < -0.39 is 11.6 Å². The second kappa shape index (κ2) is 4.83. The first-order valence-corrected chi connectivity index (χ1v) is 6.67. The Morgan fingerprint density at radius 2 is 1.86 bits per heavy atom. The molecule has 0 aliphatic rings. The lowest BCUT2D eigenvalue weighted by Crippen LogP contribution is -2.05. The minimum Gasteiger partial charge on any atom is -0.369 e. The maximum Gasteiger partial charge on any atom is 0.207 e. The van der Waals surface area contributed by atoms with Gasteiger partial charge in [-0.25, -0.2) is 18.4 Å². The van der Waals surface area contributed by atoms with E-state index in [0.717, 1.165) is 24.6 Å². The summed E-state index contributed by atoms with van der Waals surface area (Å²) in [5, 5.41) is 4.40. The van der Waals surface area contributed by atoms with E-state index in [9.17, 15) is 8.78 Å². The van der Waals surface area contributed by atoms with Gasteiger partial charge in [0.05, 0.1) is 11.4 Å². The van der Waals surface area contributed by atoms with Crippen LogP contribution in [0.5, 0.6) is 0 Å². The number of hydrogen-bond donors (Lipinski definition) is 1. The monoisotopic (exact) mass is 291 g/mol. The number of nitrogens with zero attached hydrogens (tertiary/aromatic N) is 4. The summed E-state index contributed by atoms with van der Waals surface area (Å²) >= 11 is 0. The molecule has 0 saturated carbocycles. The standard InChI is InChI=1S/C14H15F2N5/c1-3-4-11-12-13(20(2)19-11)21(14(17)18-12)10-6-8(15)5-9(16)7-10/h5-7H,3-4H2,1-2H3,(H2,17,18). The number of anilines is 1. The molecule has 0 fully saturated rings. The van der Waals surface area contributed by atoms with Crippen LogP contribution in [0.4, 0.5) is 14.7 Å². The van der Waals surface area contributed by atoms with Crippen LogP contribution in [0.3, 0.4) is 0 Å². The first kappa shape index (κ1) is 13.5. The SMILES string of the molecule is CCCc1nn(C)c2c1nc(N)n2-c1cc(F)cc(F)c1. The molecule has 0 amide bonds. The van der Waals surface area contributed by atoms with Gasteiger partial charge in [0, 0.05) is 13.1 Å². The van der Waals surface area contributed by atoms with E-state index in [0.29, 0.717) is 16.9 Å². The maximum absolute atomic E-state index is 13.4. The second-order valence-corrected chi connectivity index (χ2v) is 4.93. The number of nitrogens with two attached hydrogens (primary N) is 1. The number of aromatic nitrogens is 4. The van der Waals surface area contributed by atoms with Crippen molar-refractivity contribution in [2.45, 2.75) is 19.8 Å². The van der Waals surface area contributed by atoms with Crippen LogP contribution in [-0.2, 0) is 13.5 Å². The summed E-state index contributed by atoms with van der Waals surface area (Å²) in [5.74, 6) is -1.15. The highest BCUT2D eigenvalue weighted by Gasteiger charge is 2.19. The third kappa shape index (κ3) is 2.14. The molecule has 0 aliphatic heterocycles. The molecule has 0 aliphatic carbocycles. The van der Waals surface area contributed by atoms with Crippen molar-refractivity contribution >= 4 is 17.1 Å². The molecule has 0 saturated heterocycles. The number of halogens is 2. The molecule has 0 unspecified atom stereocenters. The van der Waals surface area contributed by atoms with Gasteiger partial charge >= 0.3 is 0 Å². The Labute approximate surface area is 120 Å². The minimum atomic E-state index is -0.665. The number of imidazole rings is 1. The fraction of sp³-hybridized carbons (Fsp3) is 0.286. The van der Waals surface area contributed by atoms with E-state index in [-0.39, 0.29) is 5.95 Å². The maximum atomic E-state index is 13.4. The topological polar surface area (TPSA) is 61.7 Å². The van der Waals surface area contributed by atoms with E-state index in [2.05, 4.69) is 10.1 Å². The lowest BCUT2D eigenvalue weighted by molar-refractivity contribution is 0.581. The van der Waals surface area contributed by atoms with Crippen molar-refractivity contribution < 1.29 is 8.78 Å². The zero-order valence-electron chi connectivity index (χ0n) is 11.8. The van der Waals surface area contributed by atoms with Crippen LogP contribution in [0, 0.1) is 11.6 Å². The van der Waals surface area contributed by atoms with E-state index in [4.69, 9.17) is 5.73 Å². The Bertz CT molecular complexity index is 798. The summed E-state index contributed by atoms with van der Waals surface area (Å²) in [6, 6.07) is 3.25. The van der Waals surface area contributed by atoms with Gasteiger partial charge in [0.15, 0.2) is 5.65 Å². The third-order valence-electron chi connectivity index (χ3n) is 3.32. The smallest absolute Gasteiger partial charge is 0.207 e. The van der Waals surface area contributed by atoms with Crippen molar-refractivity contribution in [1.29, 1.82) is 0 Å². The van der Waals surface area contributed by atoms with Crippen molar-refractivity contribution in [3.8, 4) is 5.69 Å². The molecule has 0 spiro atoms. The number of rotatable bonds is 3. The molecule has 3 rings (SSSR count). The zero-order valence-corrected chi connectivity index (χ0v) is 11.8. The van der Waals surface area contributed by atoms with E-state index in [1.54, 1.807) is 11.7 Å². The summed E-state index contributed by atoms with van der Waals surface area (Å²) in [7, 11) is 1.76. The van der Waals surface area contributed by atoms with E-state index >= 15 is 0 Å². The van der Waals surface area contributed by atoms with Gasteiger partial charge < -0.3 is 5.73 Å². The molecule has 3 aromatic rings. The highest BCUT2D eigenvalue weighted by Crippen LogP contribution is 2.26. The van der Waals surface area contributed by atoms with Crippen molar-refractivity contribution in [3.63, 3.8) is 0 Å². The van der Waals surface area contributed by atoms with Crippen molar-refractivity contribution in [2.24, 2.45) is 7.05 Å². The minimum absolute atomic E-state index is 0.181. The van der Waals surface area contributed by atoms with Gasteiger partial charge in [0.1, 0.15) is 17.2 Å². The molecule has 7 heteroatoms. The lowest BCUT2D eigenvalue weighted by Gasteiger charge is -2.07. The Morgan fingerprint density at radius 3 is 2.48 bits per heavy atom. The van der Waals surface area contributed by atoms with Gasteiger partial charge in [0.25, 0.3) is 0 Å². The molecule has 2 heterocycles. The first-order chi connectivity index (χ1) is 10.0. The largest absolute Gasteiger partial charge is 0.369 e. The molecule has 0 bridgehead atoms. The van der Waals surface area contributed by atoms with E-state index in [1.807, 2.05) is 6.92 Å². The number of benzene rings is 1. The van der Waals surface area contributed by atoms with Gasteiger partial charge in [-0.3, -0.25) is 4.57 Å². The van der Waals surface area contributed by atoms with Crippen LogP contribution in [-0.4, -0.2) is 19.3 Å². The number of fused-ring (bicyclic) bond motifs is 1. The number of nitrogen functional groups attached to an aromatic ring is 1. The molecular formula is C14H15F2N5. The molecule has 1 aromatic carbocycles. The molecule has 21 heavy (non-hydrogen) atoms. The molecule has 2 N–H and O–H groups in total. The van der Waals surface area contributed by atoms with Gasteiger partial charge in [-0.1, -0.05) is 13.3 Å². The summed E-state index contributed by atoms with van der Waals surface area (Å²) in [6.45, 7) is 2.04. The molecule has 2 aromatic heterocycles. The third-order valence-corrected chi connectivity index (χ3v) is 3.32. The second-order valence-electron chi connectivity index (χ2n) is 4.93. The van der Waals surface area contributed by atoms with Crippen LogP contribution < -0.4 is 5.73 Å². The predicted octanol–water partition coefficient (Wildman–Crippen LogP) is 2.57. The Balaban J connectivity index is 2.29. The number of hydrogen-bond acceptors (Lipinski definition) is 3. The van der Waals surface area contributed by atoms with E-state index in [1.165, 1.54) is 16.7 Å². The molecule has 110 valence electrons.